The number of esters is 1. The van der Waals surface area contributed by atoms with Crippen molar-refractivity contribution >= 4 is 17.6 Å². The normalized spacial score (nSPS) is 11.0. The summed E-state index contributed by atoms with van der Waals surface area (Å²) in [4.78, 5) is 15.0. The number of hydrogen-bond donors (Lipinski definition) is 4. The largest absolute Gasteiger partial charge is 0.507 e. The number of aromatic hydroxyl groups is 1. The molecule has 0 atom stereocenters. The predicted octanol–water partition coefficient (Wildman–Crippen LogP) is -0.412. The van der Waals surface area contributed by atoms with Crippen molar-refractivity contribution in [1.82, 2.24) is 5.43 Å². The van der Waals surface area contributed by atoms with Crippen LogP contribution in [0.1, 0.15) is 10.4 Å². The summed E-state index contributed by atoms with van der Waals surface area (Å²) in [5, 5.41) is 9.52. The molecule has 1 aromatic carbocycles. The summed E-state index contributed by atoms with van der Waals surface area (Å²) in [6.07, 6.45) is 0. The quantitative estimate of drug-likeness (QED) is 0.178. The summed E-state index contributed by atoms with van der Waals surface area (Å²) >= 11 is 0. The summed E-state index contributed by atoms with van der Waals surface area (Å²) in [6.45, 7) is 0. The van der Waals surface area contributed by atoms with Gasteiger partial charge in [-0.05, 0) is 12.1 Å². The SMILES string of the molecule is COC(=O)c1ccc(N=C(N)NN)cc1O. The number of guanidine groups is 1. The van der Waals surface area contributed by atoms with Crippen molar-refractivity contribution in [2.45, 2.75) is 0 Å². The van der Waals surface area contributed by atoms with Crippen molar-refractivity contribution in [1.29, 1.82) is 0 Å². The van der Waals surface area contributed by atoms with E-state index in [9.17, 15) is 9.90 Å². The lowest BCUT2D eigenvalue weighted by atomic mass is 10.2. The molecule has 0 aliphatic heterocycles. The predicted molar refractivity (Wildman–Crippen MR) is 58.1 cm³/mol. The maximum absolute atomic E-state index is 11.1. The highest BCUT2D eigenvalue weighted by molar-refractivity contribution is 5.93. The molecule has 7 nitrogen and oxygen atoms in total. The van der Waals surface area contributed by atoms with Crippen LogP contribution in [0.5, 0.6) is 5.75 Å². The molecule has 0 heterocycles. The van der Waals surface area contributed by atoms with Gasteiger partial charge in [0.25, 0.3) is 0 Å². The second-order valence-corrected chi connectivity index (χ2v) is 2.83. The number of phenols is 1. The van der Waals surface area contributed by atoms with Crippen LogP contribution < -0.4 is 17.0 Å². The Morgan fingerprint density at radius 2 is 2.25 bits per heavy atom. The van der Waals surface area contributed by atoms with Crippen molar-refractivity contribution in [3.63, 3.8) is 0 Å². The number of rotatable bonds is 2. The first-order valence-corrected chi connectivity index (χ1v) is 4.30. The van der Waals surface area contributed by atoms with Crippen LogP contribution >= 0.6 is 0 Å². The molecular formula is C9H12N4O3. The topological polar surface area (TPSA) is 123 Å². The molecule has 1 rings (SSSR count). The minimum atomic E-state index is -0.627. The highest BCUT2D eigenvalue weighted by atomic mass is 16.5. The molecule has 0 bridgehead atoms. The maximum atomic E-state index is 11.1. The Labute approximate surface area is 91.7 Å². The average molecular weight is 224 g/mol. The third-order valence-corrected chi connectivity index (χ3v) is 1.78. The first-order valence-electron chi connectivity index (χ1n) is 4.30. The van der Waals surface area contributed by atoms with Crippen molar-refractivity contribution in [3.05, 3.63) is 23.8 Å². The molecule has 0 saturated heterocycles. The van der Waals surface area contributed by atoms with Gasteiger partial charge in [0.05, 0.1) is 12.8 Å². The molecule has 1 aromatic rings. The first kappa shape index (κ1) is 11.8. The number of benzene rings is 1. The van der Waals surface area contributed by atoms with Gasteiger partial charge in [-0.1, -0.05) is 0 Å². The number of carbonyl (C=O) groups excluding carboxylic acids is 1. The molecule has 0 radical (unpaired) electrons. The molecule has 0 amide bonds. The number of carbonyl (C=O) groups is 1. The highest BCUT2D eigenvalue weighted by Gasteiger charge is 2.11. The van der Waals surface area contributed by atoms with Crippen LogP contribution in [-0.2, 0) is 4.74 Å². The summed E-state index contributed by atoms with van der Waals surface area (Å²) < 4.78 is 4.47. The molecule has 0 unspecified atom stereocenters. The molecular weight excluding hydrogens is 212 g/mol. The number of nitrogens with two attached hydrogens (primary N) is 2. The molecule has 0 fully saturated rings. The zero-order valence-electron chi connectivity index (χ0n) is 8.60. The van der Waals surface area contributed by atoms with E-state index < -0.39 is 5.97 Å². The molecule has 0 saturated carbocycles. The Kier molecular flexibility index (Phi) is 3.67. The molecule has 6 N–H and O–H groups in total. The van der Waals surface area contributed by atoms with Gasteiger partial charge in [0, 0.05) is 6.07 Å². The van der Waals surface area contributed by atoms with Crippen molar-refractivity contribution in [2.24, 2.45) is 16.6 Å². The summed E-state index contributed by atoms with van der Waals surface area (Å²) in [6, 6.07) is 4.15. The van der Waals surface area contributed by atoms with Gasteiger partial charge >= 0.3 is 5.97 Å². The molecule has 0 aliphatic carbocycles. The van der Waals surface area contributed by atoms with Crippen LogP contribution in [0.4, 0.5) is 5.69 Å². The van der Waals surface area contributed by atoms with E-state index in [4.69, 9.17) is 11.6 Å². The second kappa shape index (κ2) is 4.99. The van der Waals surface area contributed by atoms with Gasteiger partial charge in [-0.3, -0.25) is 5.43 Å². The molecule has 0 spiro atoms. The lowest BCUT2D eigenvalue weighted by Crippen LogP contribution is -2.36. The van der Waals surface area contributed by atoms with E-state index in [1.807, 2.05) is 0 Å². The number of nitrogens with one attached hydrogen (secondary N) is 1. The second-order valence-electron chi connectivity index (χ2n) is 2.83. The smallest absolute Gasteiger partial charge is 0.341 e. The van der Waals surface area contributed by atoms with Crippen LogP contribution in [0.25, 0.3) is 0 Å². The lowest BCUT2D eigenvalue weighted by Gasteiger charge is -2.03. The van der Waals surface area contributed by atoms with Gasteiger partial charge in [-0.15, -0.1) is 0 Å². The number of hydrogen-bond acceptors (Lipinski definition) is 5. The van der Waals surface area contributed by atoms with Gasteiger partial charge in [-0.25, -0.2) is 15.6 Å². The number of phenolic OH excluding ortho intramolecular Hbond substituents is 1. The van der Waals surface area contributed by atoms with Crippen LogP contribution in [0.2, 0.25) is 0 Å². The molecule has 7 heteroatoms. The van der Waals surface area contributed by atoms with E-state index in [1.165, 1.54) is 25.3 Å². The molecule has 0 aromatic heterocycles. The summed E-state index contributed by atoms with van der Waals surface area (Å²) in [7, 11) is 1.23. The van der Waals surface area contributed by atoms with Crippen LogP contribution in [0, 0.1) is 0 Å². The zero-order chi connectivity index (χ0) is 12.1. The van der Waals surface area contributed by atoms with Gasteiger partial charge in [0.2, 0.25) is 5.96 Å². The Balaban J connectivity index is 3.04. The molecule has 86 valence electrons. The Bertz CT molecular complexity index is 431. The fraction of sp³-hybridized carbons (Fsp3) is 0.111. The van der Waals surface area contributed by atoms with Gasteiger partial charge in [-0.2, -0.15) is 0 Å². The van der Waals surface area contributed by atoms with E-state index >= 15 is 0 Å². The number of hydrazine groups is 1. The molecule has 0 aliphatic rings. The zero-order valence-corrected chi connectivity index (χ0v) is 8.60. The van der Waals surface area contributed by atoms with E-state index in [0.717, 1.165) is 0 Å². The third-order valence-electron chi connectivity index (χ3n) is 1.78. The minimum absolute atomic E-state index is 0.00906. The standard InChI is InChI=1S/C9H12N4O3/c1-16-8(15)6-3-2-5(4-7(6)14)12-9(10)13-11/h2-4,14H,11H2,1H3,(H3,10,12,13). The number of ether oxygens (including phenoxy) is 1. The van der Waals surface area contributed by atoms with Crippen LogP contribution in [-0.4, -0.2) is 24.1 Å². The first-order chi connectivity index (χ1) is 7.58. The number of aliphatic imine (C=N–C) groups is 1. The van der Waals surface area contributed by atoms with E-state index in [0.29, 0.717) is 5.69 Å². The van der Waals surface area contributed by atoms with Crippen molar-refractivity contribution in [3.8, 4) is 5.75 Å². The number of nitrogens with zero attached hydrogens (tertiary/aromatic N) is 1. The maximum Gasteiger partial charge on any atom is 0.341 e. The fourth-order valence-electron chi connectivity index (χ4n) is 1.04. The third kappa shape index (κ3) is 2.61. The Morgan fingerprint density at radius 1 is 1.56 bits per heavy atom. The average Bonchev–Trinajstić information content (AvgIpc) is 2.28. The number of methoxy groups -OCH3 is 1. The van der Waals surface area contributed by atoms with Gasteiger partial charge in [0.15, 0.2) is 0 Å². The fourth-order valence-corrected chi connectivity index (χ4v) is 1.04. The van der Waals surface area contributed by atoms with Gasteiger partial charge < -0.3 is 15.6 Å². The Hall–Kier alpha value is -2.28. The van der Waals surface area contributed by atoms with Crippen LogP contribution in [0.3, 0.4) is 0 Å². The summed E-state index contributed by atoms with van der Waals surface area (Å²) in [5.74, 6) is 4.14. The lowest BCUT2D eigenvalue weighted by molar-refractivity contribution is 0.0597. The van der Waals surface area contributed by atoms with E-state index in [-0.39, 0.29) is 17.3 Å². The van der Waals surface area contributed by atoms with Crippen molar-refractivity contribution < 1.29 is 14.6 Å². The van der Waals surface area contributed by atoms with E-state index in [2.05, 4.69) is 15.2 Å². The monoisotopic (exact) mass is 224 g/mol. The van der Waals surface area contributed by atoms with Gasteiger partial charge in [0.1, 0.15) is 11.3 Å². The van der Waals surface area contributed by atoms with Crippen molar-refractivity contribution in [2.75, 3.05) is 7.11 Å². The highest BCUT2D eigenvalue weighted by Crippen LogP contribution is 2.24. The minimum Gasteiger partial charge on any atom is -0.507 e. The van der Waals surface area contributed by atoms with E-state index in [1.54, 1.807) is 0 Å². The van der Waals surface area contributed by atoms with Crippen LogP contribution in [0.15, 0.2) is 23.2 Å². The summed E-state index contributed by atoms with van der Waals surface area (Å²) in [5.41, 5.74) is 7.87. The Morgan fingerprint density at radius 3 is 2.75 bits per heavy atom. The molecule has 16 heavy (non-hydrogen) atoms.